The van der Waals surface area contributed by atoms with Crippen LogP contribution in [0.3, 0.4) is 0 Å². The highest BCUT2D eigenvalue weighted by molar-refractivity contribution is 5.75. The summed E-state index contributed by atoms with van der Waals surface area (Å²) in [6.07, 6.45) is -1.35. The molecular formula is C26H29NO5. The van der Waals surface area contributed by atoms with Gasteiger partial charge in [0.1, 0.15) is 11.5 Å². The Balaban J connectivity index is 1.99. The predicted molar refractivity (Wildman–Crippen MR) is 122 cm³/mol. The molecule has 0 unspecified atom stereocenters. The first kappa shape index (κ1) is 23.3. The smallest absolute Gasteiger partial charge is 0.336 e. The Bertz CT molecular complexity index is 924. The number of aliphatic hydroxyl groups excluding tert-OH is 1. The molecule has 2 atom stereocenters. The van der Waals surface area contributed by atoms with Gasteiger partial charge in [0.15, 0.2) is 6.10 Å². The number of rotatable bonds is 10. The summed E-state index contributed by atoms with van der Waals surface area (Å²) in [6, 6.07) is 24.4. The lowest BCUT2D eigenvalue weighted by Crippen LogP contribution is -2.40. The van der Waals surface area contributed by atoms with Gasteiger partial charge in [-0.15, -0.1) is 0 Å². The molecule has 0 fully saturated rings. The molecule has 0 bridgehead atoms. The molecule has 0 aliphatic carbocycles. The van der Waals surface area contributed by atoms with Crippen LogP contribution >= 0.6 is 0 Å². The second-order valence-corrected chi connectivity index (χ2v) is 7.42. The number of nitrogens with zero attached hydrogens (tertiary/aromatic N) is 1. The minimum atomic E-state index is -1.35. The van der Waals surface area contributed by atoms with Gasteiger partial charge in [0.25, 0.3) is 0 Å². The normalized spacial score (nSPS) is 12.8. The van der Waals surface area contributed by atoms with Crippen molar-refractivity contribution >= 4 is 5.97 Å². The van der Waals surface area contributed by atoms with E-state index in [1.54, 1.807) is 14.2 Å². The van der Waals surface area contributed by atoms with E-state index in [1.165, 1.54) is 7.11 Å². The number of benzene rings is 3. The molecule has 3 rings (SSSR count). The molecule has 168 valence electrons. The summed E-state index contributed by atoms with van der Waals surface area (Å²) >= 11 is 0. The molecule has 1 N–H and O–H groups in total. The first-order valence-electron chi connectivity index (χ1n) is 10.4. The maximum Gasteiger partial charge on any atom is 0.336 e. The van der Waals surface area contributed by atoms with Crippen LogP contribution in [0.2, 0.25) is 0 Å². The molecule has 0 heterocycles. The van der Waals surface area contributed by atoms with E-state index in [-0.39, 0.29) is 0 Å². The largest absolute Gasteiger partial charge is 0.497 e. The number of ether oxygens (including phenoxy) is 3. The average molecular weight is 436 g/mol. The summed E-state index contributed by atoms with van der Waals surface area (Å²) in [6.45, 7) is 1.01. The van der Waals surface area contributed by atoms with Gasteiger partial charge in [0.05, 0.1) is 27.4 Å². The van der Waals surface area contributed by atoms with Gasteiger partial charge in [0, 0.05) is 13.1 Å². The SMILES string of the molecule is COC(=O)[C@H](O)[C@H](c1ccccc1)N(Cc1ccc(OC)cc1)Cc1ccc(OC)cc1. The fourth-order valence-corrected chi connectivity index (χ4v) is 3.68. The number of methoxy groups -OCH3 is 3. The Labute approximate surface area is 189 Å². The highest BCUT2D eigenvalue weighted by atomic mass is 16.5. The zero-order chi connectivity index (χ0) is 22.9. The third-order valence-electron chi connectivity index (χ3n) is 5.37. The van der Waals surface area contributed by atoms with E-state index in [4.69, 9.17) is 14.2 Å². The maximum atomic E-state index is 12.4. The van der Waals surface area contributed by atoms with Crippen LogP contribution in [0.5, 0.6) is 11.5 Å². The predicted octanol–water partition coefficient (Wildman–Crippen LogP) is 3.98. The summed E-state index contributed by atoms with van der Waals surface area (Å²) in [5.41, 5.74) is 2.88. The molecular weight excluding hydrogens is 406 g/mol. The standard InChI is InChI=1S/C26H29NO5/c1-30-22-13-9-19(10-14-22)17-27(18-20-11-15-23(31-2)16-12-20)24(25(28)26(29)32-3)21-7-5-4-6-8-21/h4-16,24-25,28H,17-18H2,1-3H3/t24-,25+/m0/s1. The number of carbonyl (C=O) groups is 1. The van der Waals surface area contributed by atoms with Crippen LogP contribution in [-0.2, 0) is 22.6 Å². The van der Waals surface area contributed by atoms with E-state index >= 15 is 0 Å². The molecule has 0 saturated carbocycles. The summed E-state index contributed by atoms with van der Waals surface area (Å²) in [4.78, 5) is 14.4. The maximum absolute atomic E-state index is 12.4. The monoisotopic (exact) mass is 435 g/mol. The molecule has 6 heteroatoms. The van der Waals surface area contributed by atoms with Gasteiger partial charge >= 0.3 is 5.97 Å². The van der Waals surface area contributed by atoms with E-state index in [9.17, 15) is 9.90 Å². The van der Waals surface area contributed by atoms with Gasteiger partial charge in [-0.1, -0.05) is 54.6 Å². The van der Waals surface area contributed by atoms with Gasteiger partial charge in [-0.05, 0) is 41.0 Å². The topological polar surface area (TPSA) is 68.2 Å². The quantitative estimate of drug-likeness (QED) is 0.486. The van der Waals surface area contributed by atoms with Crippen LogP contribution in [0.4, 0.5) is 0 Å². The fraction of sp³-hybridized carbons (Fsp3) is 0.269. The fourth-order valence-electron chi connectivity index (χ4n) is 3.68. The third-order valence-corrected chi connectivity index (χ3v) is 5.37. The number of hydrogen-bond acceptors (Lipinski definition) is 6. The molecule has 0 aliphatic heterocycles. The molecule has 6 nitrogen and oxygen atoms in total. The van der Waals surface area contributed by atoms with Crippen LogP contribution in [0, 0.1) is 0 Å². The molecule has 0 amide bonds. The molecule has 0 aliphatic rings. The highest BCUT2D eigenvalue weighted by Crippen LogP contribution is 2.30. The molecule has 0 saturated heterocycles. The van der Waals surface area contributed by atoms with E-state index in [0.717, 1.165) is 28.2 Å². The Hall–Kier alpha value is -3.35. The second-order valence-electron chi connectivity index (χ2n) is 7.42. The number of hydrogen-bond donors (Lipinski definition) is 1. The van der Waals surface area contributed by atoms with Crippen LogP contribution < -0.4 is 9.47 Å². The summed E-state index contributed by atoms with van der Waals surface area (Å²) < 4.78 is 15.4. The molecule has 32 heavy (non-hydrogen) atoms. The van der Waals surface area contributed by atoms with Gasteiger partial charge in [0.2, 0.25) is 0 Å². The van der Waals surface area contributed by atoms with Crippen LogP contribution in [0.25, 0.3) is 0 Å². The number of esters is 1. The summed E-state index contributed by atoms with van der Waals surface area (Å²) in [5.74, 6) is 0.864. The van der Waals surface area contributed by atoms with Crippen molar-refractivity contribution in [1.29, 1.82) is 0 Å². The third kappa shape index (κ3) is 5.87. The van der Waals surface area contributed by atoms with Crippen molar-refractivity contribution in [1.82, 2.24) is 4.90 Å². The van der Waals surface area contributed by atoms with Crippen molar-refractivity contribution in [3.8, 4) is 11.5 Å². The van der Waals surface area contributed by atoms with Gasteiger partial charge in [-0.25, -0.2) is 4.79 Å². The van der Waals surface area contributed by atoms with Crippen molar-refractivity contribution < 1.29 is 24.1 Å². The Kier molecular flexibility index (Phi) is 8.25. The molecule has 0 spiro atoms. The zero-order valence-corrected chi connectivity index (χ0v) is 18.6. The van der Waals surface area contributed by atoms with Crippen molar-refractivity contribution in [2.24, 2.45) is 0 Å². The molecule has 0 aromatic heterocycles. The van der Waals surface area contributed by atoms with Gasteiger partial charge < -0.3 is 19.3 Å². The second kappa shape index (κ2) is 11.3. The van der Waals surface area contributed by atoms with Gasteiger partial charge in [-0.3, -0.25) is 4.90 Å². The van der Waals surface area contributed by atoms with E-state index in [2.05, 4.69) is 4.90 Å². The molecule has 0 radical (unpaired) electrons. The minimum absolute atomic E-state index is 0.504. The zero-order valence-electron chi connectivity index (χ0n) is 18.6. The summed E-state index contributed by atoms with van der Waals surface area (Å²) in [7, 11) is 4.54. The first-order chi connectivity index (χ1) is 15.5. The van der Waals surface area contributed by atoms with Crippen molar-refractivity contribution in [3.05, 3.63) is 95.6 Å². The van der Waals surface area contributed by atoms with Crippen LogP contribution in [0.1, 0.15) is 22.7 Å². The van der Waals surface area contributed by atoms with E-state index in [1.807, 2.05) is 78.9 Å². The Morgan fingerprint density at radius 1 is 0.781 bits per heavy atom. The van der Waals surface area contributed by atoms with E-state index < -0.39 is 18.1 Å². The first-order valence-corrected chi connectivity index (χ1v) is 10.4. The minimum Gasteiger partial charge on any atom is -0.497 e. The van der Waals surface area contributed by atoms with Crippen LogP contribution in [-0.4, -0.2) is 43.4 Å². The van der Waals surface area contributed by atoms with Crippen molar-refractivity contribution in [2.45, 2.75) is 25.2 Å². The molecule has 3 aromatic carbocycles. The number of aliphatic hydroxyl groups is 1. The Morgan fingerprint density at radius 3 is 1.66 bits per heavy atom. The lowest BCUT2D eigenvalue weighted by atomic mass is 9.97. The van der Waals surface area contributed by atoms with Gasteiger partial charge in [-0.2, -0.15) is 0 Å². The lowest BCUT2D eigenvalue weighted by Gasteiger charge is -2.34. The lowest BCUT2D eigenvalue weighted by molar-refractivity contribution is -0.155. The average Bonchev–Trinajstić information content (AvgIpc) is 2.85. The summed E-state index contributed by atoms with van der Waals surface area (Å²) in [5, 5.41) is 11.0. The Morgan fingerprint density at radius 2 is 1.25 bits per heavy atom. The van der Waals surface area contributed by atoms with Crippen molar-refractivity contribution in [3.63, 3.8) is 0 Å². The highest BCUT2D eigenvalue weighted by Gasteiger charge is 2.33. The van der Waals surface area contributed by atoms with E-state index in [0.29, 0.717) is 13.1 Å². The molecule has 3 aromatic rings. The van der Waals surface area contributed by atoms with Crippen molar-refractivity contribution in [2.75, 3.05) is 21.3 Å². The van der Waals surface area contributed by atoms with Crippen LogP contribution in [0.15, 0.2) is 78.9 Å². The number of carbonyl (C=O) groups excluding carboxylic acids is 1.